The smallest absolute Gasteiger partial charge is 0.322 e. The Hall–Kier alpha value is -2.02. The van der Waals surface area contributed by atoms with Crippen molar-refractivity contribution in [1.82, 2.24) is 15.5 Å². The Morgan fingerprint density at radius 2 is 2.05 bits per heavy atom. The number of amides is 3. The van der Waals surface area contributed by atoms with Crippen LogP contribution in [0.3, 0.4) is 0 Å². The first-order valence-electron chi connectivity index (χ1n) is 6.81. The summed E-state index contributed by atoms with van der Waals surface area (Å²) in [5.74, 6) is -2.26. The van der Waals surface area contributed by atoms with Crippen LogP contribution in [-0.2, 0) is 11.3 Å². The summed E-state index contributed by atoms with van der Waals surface area (Å²) in [6.07, 6.45) is 1.38. The second kappa shape index (κ2) is 5.07. The average molecular weight is 295 g/mol. The summed E-state index contributed by atoms with van der Waals surface area (Å²) >= 11 is 0. The quantitative estimate of drug-likeness (QED) is 0.804. The Morgan fingerprint density at radius 3 is 2.71 bits per heavy atom. The lowest BCUT2D eigenvalue weighted by molar-refractivity contribution is -0.132. The van der Waals surface area contributed by atoms with E-state index >= 15 is 0 Å². The second-order valence-electron chi connectivity index (χ2n) is 5.43. The lowest BCUT2D eigenvalue weighted by atomic mass is 9.90. The van der Waals surface area contributed by atoms with E-state index in [1.165, 1.54) is 6.07 Å². The number of hydrogen-bond donors (Lipinski definition) is 2. The third kappa shape index (κ3) is 2.37. The second-order valence-corrected chi connectivity index (χ2v) is 5.43. The van der Waals surface area contributed by atoms with Gasteiger partial charge >= 0.3 is 6.03 Å². The Balaban J connectivity index is 1.80. The maximum Gasteiger partial charge on any atom is 0.325 e. The molecule has 1 aromatic carbocycles. The molecule has 3 rings (SSSR count). The highest BCUT2D eigenvalue weighted by Gasteiger charge is 2.51. The van der Waals surface area contributed by atoms with Gasteiger partial charge in [0.05, 0.1) is 6.54 Å². The van der Waals surface area contributed by atoms with Crippen LogP contribution in [0.1, 0.15) is 18.4 Å². The van der Waals surface area contributed by atoms with Gasteiger partial charge in [0.25, 0.3) is 5.91 Å². The molecule has 0 aliphatic carbocycles. The van der Waals surface area contributed by atoms with E-state index in [4.69, 9.17) is 0 Å². The van der Waals surface area contributed by atoms with Crippen molar-refractivity contribution in [3.63, 3.8) is 0 Å². The van der Waals surface area contributed by atoms with Gasteiger partial charge in [-0.25, -0.2) is 13.6 Å². The maximum absolute atomic E-state index is 13.2. The fraction of sp³-hybridized carbons (Fsp3) is 0.429. The molecular weight excluding hydrogens is 280 g/mol. The zero-order valence-corrected chi connectivity index (χ0v) is 11.3. The molecule has 3 amide bonds. The summed E-state index contributed by atoms with van der Waals surface area (Å²) in [6.45, 7) is 1.14. The van der Waals surface area contributed by atoms with E-state index < -0.39 is 23.2 Å². The molecule has 21 heavy (non-hydrogen) atoms. The van der Waals surface area contributed by atoms with Crippen LogP contribution >= 0.6 is 0 Å². The first-order chi connectivity index (χ1) is 10.0. The Morgan fingerprint density at radius 1 is 1.24 bits per heavy atom. The number of rotatable bonds is 2. The first kappa shape index (κ1) is 13.9. The SMILES string of the molecule is O=C1NC2(CCCNC2)C(=O)N1Cc1ccc(F)c(F)c1. The molecule has 2 N–H and O–H groups in total. The number of halogens is 2. The standard InChI is InChI=1S/C14H15F2N3O2/c15-10-3-2-9(6-11(10)16)7-19-12(20)14(18-13(19)21)4-1-5-17-8-14/h2-3,6,17H,1,4-5,7-8H2,(H,18,21). The fourth-order valence-corrected chi connectivity index (χ4v) is 2.83. The molecule has 2 saturated heterocycles. The van der Waals surface area contributed by atoms with E-state index in [0.717, 1.165) is 30.0 Å². The van der Waals surface area contributed by atoms with Gasteiger partial charge in [-0.15, -0.1) is 0 Å². The number of imide groups is 1. The molecule has 2 aliphatic rings. The number of nitrogens with one attached hydrogen (secondary N) is 2. The number of benzene rings is 1. The van der Waals surface area contributed by atoms with Crippen LogP contribution in [0.2, 0.25) is 0 Å². The molecule has 5 nitrogen and oxygen atoms in total. The zero-order chi connectivity index (χ0) is 15.0. The molecule has 0 aromatic heterocycles. The zero-order valence-electron chi connectivity index (χ0n) is 11.3. The van der Waals surface area contributed by atoms with Crippen molar-refractivity contribution in [3.8, 4) is 0 Å². The summed E-state index contributed by atoms with van der Waals surface area (Å²) in [7, 11) is 0. The molecule has 112 valence electrons. The summed E-state index contributed by atoms with van der Waals surface area (Å²) < 4.78 is 26.1. The Labute approximate surface area is 120 Å². The van der Waals surface area contributed by atoms with Gasteiger partial charge in [-0.3, -0.25) is 9.69 Å². The van der Waals surface area contributed by atoms with Crippen LogP contribution in [0.15, 0.2) is 18.2 Å². The van der Waals surface area contributed by atoms with Crippen molar-refractivity contribution in [3.05, 3.63) is 35.4 Å². The number of urea groups is 1. The van der Waals surface area contributed by atoms with Gasteiger partial charge in [0, 0.05) is 6.54 Å². The predicted octanol–water partition coefficient (Wildman–Crippen LogP) is 1.14. The minimum absolute atomic E-state index is 0.0659. The van der Waals surface area contributed by atoms with Crippen LogP contribution in [0.25, 0.3) is 0 Å². The molecule has 1 unspecified atom stereocenters. The highest BCUT2D eigenvalue weighted by Crippen LogP contribution is 2.26. The van der Waals surface area contributed by atoms with E-state index in [9.17, 15) is 18.4 Å². The summed E-state index contributed by atoms with van der Waals surface area (Å²) in [5.41, 5.74) is -0.522. The Kier molecular flexibility index (Phi) is 3.36. The lowest BCUT2D eigenvalue weighted by Crippen LogP contribution is -2.57. The number of nitrogens with zero attached hydrogens (tertiary/aromatic N) is 1. The number of carbonyl (C=O) groups excluding carboxylic acids is 2. The van der Waals surface area contributed by atoms with Gasteiger partial charge in [-0.2, -0.15) is 0 Å². The van der Waals surface area contributed by atoms with Gasteiger partial charge in [0.1, 0.15) is 5.54 Å². The average Bonchev–Trinajstić information content (AvgIpc) is 2.68. The van der Waals surface area contributed by atoms with Crippen LogP contribution in [0.5, 0.6) is 0 Å². The lowest BCUT2D eigenvalue weighted by Gasteiger charge is -2.31. The molecule has 0 bridgehead atoms. The first-order valence-corrected chi connectivity index (χ1v) is 6.81. The van der Waals surface area contributed by atoms with E-state index in [-0.39, 0.29) is 12.5 Å². The molecule has 1 atom stereocenters. The molecular formula is C14H15F2N3O2. The molecule has 2 fully saturated rings. The summed E-state index contributed by atoms with van der Waals surface area (Å²) in [5, 5.41) is 5.82. The monoisotopic (exact) mass is 295 g/mol. The molecule has 7 heteroatoms. The van der Waals surface area contributed by atoms with E-state index in [2.05, 4.69) is 10.6 Å². The molecule has 1 spiro atoms. The van der Waals surface area contributed by atoms with Crippen LogP contribution in [0, 0.1) is 11.6 Å². The maximum atomic E-state index is 13.2. The topological polar surface area (TPSA) is 61.4 Å². The molecule has 0 radical (unpaired) electrons. The normalized spacial score (nSPS) is 25.5. The van der Waals surface area contributed by atoms with Gasteiger partial charge in [-0.1, -0.05) is 6.07 Å². The van der Waals surface area contributed by atoms with E-state index in [1.54, 1.807) is 0 Å². The molecule has 2 heterocycles. The van der Waals surface area contributed by atoms with Crippen LogP contribution in [0.4, 0.5) is 13.6 Å². The van der Waals surface area contributed by atoms with Crippen molar-refractivity contribution in [2.45, 2.75) is 24.9 Å². The molecule has 1 aromatic rings. The van der Waals surface area contributed by atoms with Gasteiger partial charge in [0.15, 0.2) is 11.6 Å². The highest BCUT2D eigenvalue weighted by molar-refractivity contribution is 6.07. The largest absolute Gasteiger partial charge is 0.325 e. The fourth-order valence-electron chi connectivity index (χ4n) is 2.83. The predicted molar refractivity (Wildman–Crippen MR) is 70.3 cm³/mol. The van der Waals surface area contributed by atoms with E-state index in [0.29, 0.717) is 18.5 Å². The van der Waals surface area contributed by atoms with Crippen LogP contribution in [-0.4, -0.2) is 35.5 Å². The Bertz CT molecular complexity index is 600. The van der Waals surface area contributed by atoms with Crippen molar-refractivity contribution in [2.75, 3.05) is 13.1 Å². The van der Waals surface area contributed by atoms with Gasteiger partial charge in [0.2, 0.25) is 0 Å². The minimum Gasteiger partial charge on any atom is -0.322 e. The van der Waals surface area contributed by atoms with Gasteiger partial charge in [-0.05, 0) is 37.1 Å². The minimum atomic E-state index is -0.992. The number of piperidine rings is 1. The number of carbonyl (C=O) groups is 2. The van der Waals surface area contributed by atoms with Crippen molar-refractivity contribution < 1.29 is 18.4 Å². The van der Waals surface area contributed by atoms with Crippen molar-refractivity contribution in [2.24, 2.45) is 0 Å². The third-order valence-electron chi connectivity index (χ3n) is 3.95. The molecule has 2 aliphatic heterocycles. The third-order valence-corrected chi connectivity index (χ3v) is 3.95. The van der Waals surface area contributed by atoms with Crippen molar-refractivity contribution >= 4 is 11.9 Å². The van der Waals surface area contributed by atoms with Crippen LogP contribution < -0.4 is 10.6 Å². The number of hydrogen-bond acceptors (Lipinski definition) is 3. The van der Waals surface area contributed by atoms with Gasteiger partial charge < -0.3 is 10.6 Å². The van der Waals surface area contributed by atoms with Crippen molar-refractivity contribution in [1.29, 1.82) is 0 Å². The molecule has 0 saturated carbocycles. The highest BCUT2D eigenvalue weighted by atomic mass is 19.2. The van der Waals surface area contributed by atoms with E-state index in [1.807, 2.05) is 0 Å². The summed E-state index contributed by atoms with van der Waals surface area (Å²) in [6, 6.07) is 2.86. The summed E-state index contributed by atoms with van der Waals surface area (Å²) in [4.78, 5) is 25.6.